The Morgan fingerprint density at radius 3 is 1.91 bits per heavy atom. The molecule has 0 bridgehead atoms. The highest BCUT2D eigenvalue weighted by Crippen LogP contribution is 2.44. The van der Waals surface area contributed by atoms with E-state index in [4.69, 9.17) is 7.85 Å². The second-order valence-corrected chi connectivity index (χ2v) is 7.85. The van der Waals surface area contributed by atoms with Gasteiger partial charge in [-0.05, 0) is 67.8 Å². The summed E-state index contributed by atoms with van der Waals surface area (Å²) in [6.45, 7) is 2.34. The first-order chi connectivity index (χ1) is 10.8. The van der Waals surface area contributed by atoms with E-state index in [9.17, 15) is 0 Å². The average Bonchev–Trinajstić information content (AvgIpc) is 2.57. The molecule has 0 heterocycles. The topological polar surface area (TPSA) is 0 Å². The van der Waals surface area contributed by atoms with Crippen LogP contribution in [0.5, 0.6) is 0 Å². The molecule has 1 heteroatoms. The predicted molar refractivity (Wildman–Crippen MR) is 96.9 cm³/mol. The predicted octanol–water partition coefficient (Wildman–Crippen LogP) is 5.36. The fourth-order valence-corrected chi connectivity index (χ4v) is 5.05. The van der Waals surface area contributed by atoms with Crippen LogP contribution < -0.4 is 5.46 Å². The van der Waals surface area contributed by atoms with E-state index in [2.05, 4.69) is 31.2 Å². The maximum atomic E-state index is 5.81. The summed E-state index contributed by atoms with van der Waals surface area (Å²) >= 11 is 0. The molecule has 0 N–H and O–H groups in total. The molecule has 2 radical (unpaired) electrons. The quantitative estimate of drug-likeness (QED) is 0.656. The summed E-state index contributed by atoms with van der Waals surface area (Å²) < 4.78 is 0. The van der Waals surface area contributed by atoms with Crippen LogP contribution in [0.15, 0.2) is 24.3 Å². The van der Waals surface area contributed by atoms with Crippen molar-refractivity contribution in [3.8, 4) is 0 Å². The molecule has 118 valence electrons. The Bertz CT molecular complexity index is 433. The molecule has 1 aromatic carbocycles. The standard InChI is InChI=1S/C21H31B/c1-2-3-16-4-6-17(7-5-16)18-8-10-19(11-9-18)20-12-14-21(22)15-13-20/h12-19H,2-11H2,1H3. The lowest BCUT2D eigenvalue weighted by Gasteiger charge is -2.38. The minimum Gasteiger partial charge on any atom is -0.0967 e. The van der Waals surface area contributed by atoms with Crippen molar-refractivity contribution in [1.82, 2.24) is 0 Å². The van der Waals surface area contributed by atoms with Crippen molar-refractivity contribution in [3.05, 3.63) is 29.8 Å². The van der Waals surface area contributed by atoms with E-state index in [0.717, 1.165) is 29.1 Å². The molecule has 0 atom stereocenters. The normalized spacial score (nSPS) is 32.8. The van der Waals surface area contributed by atoms with Crippen molar-refractivity contribution in [2.75, 3.05) is 0 Å². The van der Waals surface area contributed by atoms with Gasteiger partial charge in [0.05, 0.1) is 0 Å². The second-order valence-electron chi connectivity index (χ2n) is 7.85. The highest BCUT2D eigenvalue weighted by atomic mass is 14.4. The van der Waals surface area contributed by atoms with Gasteiger partial charge in [0.2, 0.25) is 0 Å². The molecule has 0 nitrogen and oxygen atoms in total. The van der Waals surface area contributed by atoms with Crippen molar-refractivity contribution in [2.24, 2.45) is 17.8 Å². The molecule has 0 amide bonds. The zero-order chi connectivity index (χ0) is 15.4. The van der Waals surface area contributed by atoms with Gasteiger partial charge in [0.25, 0.3) is 0 Å². The minimum atomic E-state index is 0.785. The Hall–Kier alpha value is -0.715. The summed E-state index contributed by atoms with van der Waals surface area (Å²) in [5, 5.41) is 0. The van der Waals surface area contributed by atoms with Crippen LogP contribution in [-0.4, -0.2) is 7.85 Å². The van der Waals surface area contributed by atoms with E-state index in [1.165, 1.54) is 69.8 Å². The maximum Gasteiger partial charge on any atom is 0.113 e. The van der Waals surface area contributed by atoms with Crippen LogP contribution in [0.1, 0.15) is 82.6 Å². The molecule has 3 rings (SSSR count). The van der Waals surface area contributed by atoms with Crippen molar-refractivity contribution < 1.29 is 0 Å². The van der Waals surface area contributed by atoms with Crippen LogP contribution in [0.2, 0.25) is 0 Å². The Balaban J connectivity index is 1.47. The Labute approximate surface area is 138 Å². The van der Waals surface area contributed by atoms with Gasteiger partial charge in [0, 0.05) is 0 Å². The molecule has 1 aromatic rings. The smallest absolute Gasteiger partial charge is 0.0967 e. The highest BCUT2D eigenvalue weighted by Gasteiger charge is 2.30. The maximum absolute atomic E-state index is 5.81. The van der Waals surface area contributed by atoms with Crippen molar-refractivity contribution in [3.63, 3.8) is 0 Å². The Morgan fingerprint density at radius 1 is 0.818 bits per heavy atom. The molecular formula is C21H31B. The van der Waals surface area contributed by atoms with Crippen molar-refractivity contribution >= 4 is 13.3 Å². The van der Waals surface area contributed by atoms with E-state index in [1.807, 2.05) is 0 Å². The molecule has 0 aliphatic heterocycles. The SMILES string of the molecule is [B]c1ccc(C2CCC(C3CCC(CCC)CC3)CC2)cc1. The monoisotopic (exact) mass is 294 g/mol. The third-order valence-electron chi connectivity index (χ3n) is 6.43. The fraction of sp³-hybridized carbons (Fsp3) is 0.714. The van der Waals surface area contributed by atoms with E-state index in [0.29, 0.717) is 0 Å². The zero-order valence-electron chi connectivity index (χ0n) is 14.3. The van der Waals surface area contributed by atoms with Crippen LogP contribution in [0.4, 0.5) is 0 Å². The number of hydrogen-bond acceptors (Lipinski definition) is 0. The molecule has 0 saturated heterocycles. The van der Waals surface area contributed by atoms with Gasteiger partial charge in [0.15, 0.2) is 0 Å². The van der Waals surface area contributed by atoms with Gasteiger partial charge in [-0.1, -0.05) is 62.3 Å². The van der Waals surface area contributed by atoms with Crippen molar-refractivity contribution in [1.29, 1.82) is 0 Å². The lowest BCUT2D eigenvalue weighted by Crippen LogP contribution is -2.25. The third-order valence-corrected chi connectivity index (χ3v) is 6.43. The minimum absolute atomic E-state index is 0.785. The lowest BCUT2D eigenvalue weighted by atomic mass is 9.68. The van der Waals surface area contributed by atoms with Crippen LogP contribution >= 0.6 is 0 Å². The van der Waals surface area contributed by atoms with Gasteiger partial charge in [-0.2, -0.15) is 0 Å². The van der Waals surface area contributed by atoms with Crippen LogP contribution in [0, 0.1) is 17.8 Å². The highest BCUT2D eigenvalue weighted by molar-refractivity contribution is 6.32. The average molecular weight is 294 g/mol. The van der Waals surface area contributed by atoms with Gasteiger partial charge in [-0.25, -0.2) is 0 Å². The summed E-state index contributed by atoms with van der Waals surface area (Å²) in [5.41, 5.74) is 2.40. The molecule has 0 unspecified atom stereocenters. The Kier molecular flexibility index (Phi) is 5.66. The summed E-state index contributed by atoms with van der Waals surface area (Å²) in [4.78, 5) is 0. The summed E-state index contributed by atoms with van der Waals surface area (Å²) in [5.74, 6) is 3.90. The van der Waals surface area contributed by atoms with E-state index in [-0.39, 0.29) is 0 Å². The van der Waals surface area contributed by atoms with Gasteiger partial charge >= 0.3 is 0 Å². The second kappa shape index (κ2) is 7.71. The molecule has 2 fully saturated rings. The van der Waals surface area contributed by atoms with Gasteiger partial charge in [0.1, 0.15) is 7.85 Å². The Morgan fingerprint density at radius 2 is 1.36 bits per heavy atom. The van der Waals surface area contributed by atoms with Crippen LogP contribution in [0.3, 0.4) is 0 Å². The lowest BCUT2D eigenvalue weighted by molar-refractivity contribution is 0.156. The summed E-state index contributed by atoms with van der Waals surface area (Å²) in [6.07, 6.45) is 14.6. The largest absolute Gasteiger partial charge is 0.113 e. The molecule has 0 spiro atoms. The van der Waals surface area contributed by atoms with E-state index >= 15 is 0 Å². The molecule has 2 saturated carbocycles. The number of hydrogen-bond donors (Lipinski definition) is 0. The third kappa shape index (κ3) is 3.97. The molecule has 2 aliphatic carbocycles. The molecule has 22 heavy (non-hydrogen) atoms. The van der Waals surface area contributed by atoms with Crippen LogP contribution in [-0.2, 0) is 0 Å². The first-order valence-electron chi connectivity index (χ1n) is 9.61. The van der Waals surface area contributed by atoms with E-state index < -0.39 is 0 Å². The van der Waals surface area contributed by atoms with Gasteiger partial charge in [-0.15, -0.1) is 0 Å². The number of benzene rings is 1. The summed E-state index contributed by atoms with van der Waals surface area (Å²) in [6, 6.07) is 8.62. The van der Waals surface area contributed by atoms with Gasteiger partial charge < -0.3 is 0 Å². The molecule has 2 aliphatic rings. The molecule has 0 aromatic heterocycles. The molecular weight excluding hydrogens is 263 g/mol. The van der Waals surface area contributed by atoms with E-state index in [1.54, 1.807) is 0 Å². The fourth-order valence-electron chi connectivity index (χ4n) is 5.05. The first kappa shape index (κ1) is 16.2. The van der Waals surface area contributed by atoms with Crippen LogP contribution in [0.25, 0.3) is 0 Å². The first-order valence-corrected chi connectivity index (χ1v) is 9.61. The number of rotatable bonds is 4. The zero-order valence-corrected chi connectivity index (χ0v) is 14.3. The van der Waals surface area contributed by atoms with Gasteiger partial charge in [-0.3, -0.25) is 0 Å². The summed E-state index contributed by atoms with van der Waals surface area (Å²) in [7, 11) is 5.81. The van der Waals surface area contributed by atoms with Crippen molar-refractivity contribution in [2.45, 2.75) is 77.0 Å².